The highest BCUT2D eigenvalue weighted by Gasteiger charge is 2.28. The van der Waals surface area contributed by atoms with E-state index in [0.717, 1.165) is 30.4 Å². The fourth-order valence-corrected chi connectivity index (χ4v) is 3.66. The molecule has 3 heteroatoms. The molecule has 1 saturated carbocycles. The van der Waals surface area contributed by atoms with E-state index in [1.165, 1.54) is 50.9 Å². The van der Waals surface area contributed by atoms with Gasteiger partial charge >= 0.3 is 0 Å². The van der Waals surface area contributed by atoms with E-state index in [9.17, 15) is 4.39 Å². The number of nitrogens with zero attached hydrogens (tertiary/aromatic N) is 2. The molecule has 0 aromatic heterocycles. The molecule has 1 unspecified atom stereocenters. The van der Waals surface area contributed by atoms with Crippen molar-refractivity contribution in [2.75, 3.05) is 13.1 Å². The molecule has 1 aromatic carbocycles. The number of likely N-dealkylation sites (tertiary alicyclic amines) is 1. The molecule has 126 valence electrons. The molecule has 2 nitrogen and oxygen atoms in total. The minimum atomic E-state index is -0.171. The van der Waals surface area contributed by atoms with Gasteiger partial charge in [-0.15, -0.1) is 0 Å². The van der Waals surface area contributed by atoms with Crippen LogP contribution in [0, 0.1) is 35.9 Å². The number of aryl methyl sites for hydroxylation is 1. The van der Waals surface area contributed by atoms with Gasteiger partial charge in [-0.2, -0.15) is 5.26 Å². The van der Waals surface area contributed by atoms with E-state index in [4.69, 9.17) is 5.26 Å². The van der Waals surface area contributed by atoms with E-state index in [1.807, 2.05) is 6.92 Å². The van der Waals surface area contributed by atoms with Gasteiger partial charge in [0.25, 0.3) is 0 Å². The molecule has 1 heterocycles. The Morgan fingerprint density at radius 2 is 1.74 bits per heavy atom. The second kappa shape index (κ2) is 9.03. The molecule has 2 fully saturated rings. The van der Waals surface area contributed by atoms with E-state index in [2.05, 4.69) is 17.9 Å². The van der Waals surface area contributed by atoms with Gasteiger partial charge in [0.15, 0.2) is 0 Å². The zero-order valence-electron chi connectivity index (χ0n) is 14.5. The van der Waals surface area contributed by atoms with Gasteiger partial charge in [0, 0.05) is 18.5 Å². The van der Waals surface area contributed by atoms with Crippen LogP contribution in [-0.4, -0.2) is 24.0 Å². The highest BCUT2D eigenvalue weighted by atomic mass is 19.1. The Morgan fingerprint density at radius 1 is 1.09 bits per heavy atom. The van der Waals surface area contributed by atoms with E-state index < -0.39 is 0 Å². The molecule has 23 heavy (non-hydrogen) atoms. The smallest absolute Gasteiger partial charge is 0.123 e. The number of benzene rings is 1. The molecular weight excluding hydrogens is 287 g/mol. The van der Waals surface area contributed by atoms with Gasteiger partial charge in [0.05, 0.1) is 6.07 Å². The molecule has 1 saturated heterocycles. The van der Waals surface area contributed by atoms with E-state index in [-0.39, 0.29) is 5.82 Å². The molecule has 1 aliphatic heterocycles. The van der Waals surface area contributed by atoms with Gasteiger partial charge in [-0.1, -0.05) is 24.6 Å². The molecule has 3 rings (SSSR count). The maximum absolute atomic E-state index is 12.1. The molecule has 0 radical (unpaired) electrons. The summed E-state index contributed by atoms with van der Waals surface area (Å²) >= 11 is 0. The van der Waals surface area contributed by atoms with Gasteiger partial charge in [-0.3, -0.25) is 0 Å². The summed E-state index contributed by atoms with van der Waals surface area (Å²) in [5, 5.41) is 8.87. The maximum Gasteiger partial charge on any atom is 0.123 e. The Hall–Kier alpha value is -1.40. The van der Waals surface area contributed by atoms with Crippen LogP contribution in [0.5, 0.6) is 0 Å². The topological polar surface area (TPSA) is 27.0 Å². The first-order valence-electron chi connectivity index (χ1n) is 8.94. The van der Waals surface area contributed by atoms with Crippen molar-refractivity contribution < 1.29 is 4.39 Å². The Bertz CT molecular complexity index is 476. The van der Waals surface area contributed by atoms with Gasteiger partial charge in [0.2, 0.25) is 0 Å². The predicted molar refractivity (Wildman–Crippen MR) is 92.5 cm³/mol. The quantitative estimate of drug-likeness (QED) is 0.734. The van der Waals surface area contributed by atoms with Gasteiger partial charge in [0.1, 0.15) is 5.82 Å². The zero-order valence-corrected chi connectivity index (χ0v) is 14.5. The van der Waals surface area contributed by atoms with E-state index in [0.29, 0.717) is 5.92 Å². The fraction of sp³-hybridized carbons (Fsp3) is 0.650. The molecule has 1 aromatic rings. The number of nitriles is 1. The average molecular weight is 316 g/mol. The van der Waals surface area contributed by atoms with Crippen molar-refractivity contribution in [3.8, 4) is 6.07 Å². The predicted octanol–water partition coefficient (Wildman–Crippen LogP) is 4.93. The molecule has 1 aliphatic carbocycles. The normalized spacial score (nSPS) is 28.3. The Labute approximate surface area is 140 Å². The highest BCUT2D eigenvalue weighted by Crippen LogP contribution is 2.29. The largest absolute Gasteiger partial charge is 0.300 e. The lowest BCUT2D eigenvalue weighted by Crippen LogP contribution is -2.43. The van der Waals surface area contributed by atoms with Crippen molar-refractivity contribution in [2.45, 2.75) is 58.4 Å². The summed E-state index contributed by atoms with van der Waals surface area (Å²) in [6.45, 7) is 6.89. The van der Waals surface area contributed by atoms with Crippen molar-refractivity contribution >= 4 is 0 Å². The summed E-state index contributed by atoms with van der Waals surface area (Å²) in [4.78, 5) is 2.68. The second-order valence-corrected chi connectivity index (χ2v) is 7.17. The van der Waals surface area contributed by atoms with Crippen LogP contribution in [0.3, 0.4) is 0 Å². The van der Waals surface area contributed by atoms with Crippen LogP contribution in [0.15, 0.2) is 24.3 Å². The molecular formula is C20H29FN2. The Kier molecular flexibility index (Phi) is 7.05. The van der Waals surface area contributed by atoms with Gasteiger partial charge < -0.3 is 4.90 Å². The van der Waals surface area contributed by atoms with Crippen molar-refractivity contribution in [3.05, 3.63) is 35.6 Å². The monoisotopic (exact) mass is 316 g/mol. The van der Waals surface area contributed by atoms with E-state index >= 15 is 0 Å². The van der Waals surface area contributed by atoms with Gasteiger partial charge in [-0.05, 0) is 70.0 Å². The van der Waals surface area contributed by atoms with Crippen molar-refractivity contribution in [1.29, 1.82) is 5.26 Å². The third-order valence-corrected chi connectivity index (χ3v) is 5.09. The molecule has 0 spiro atoms. The summed E-state index contributed by atoms with van der Waals surface area (Å²) in [5.74, 6) is 1.06. The number of hydrogen-bond acceptors (Lipinski definition) is 2. The lowest BCUT2D eigenvalue weighted by Gasteiger charge is -2.39. The number of halogens is 1. The minimum Gasteiger partial charge on any atom is -0.300 e. The first kappa shape index (κ1) is 17.9. The van der Waals surface area contributed by atoms with Crippen molar-refractivity contribution in [1.82, 2.24) is 4.90 Å². The van der Waals surface area contributed by atoms with Crippen molar-refractivity contribution in [3.63, 3.8) is 0 Å². The second-order valence-electron chi connectivity index (χ2n) is 7.17. The van der Waals surface area contributed by atoms with Crippen LogP contribution >= 0.6 is 0 Å². The molecule has 0 bridgehead atoms. The molecule has 1 atom stereocenters. The molecule has 0 amide bonds. The average Bonchev–Trinajstić information content (AvgIpc) is 2.58. The molecule has 2 aliphatic rings. The van der Waals surface area contributed by atoms with Crippen LogP contribution in [0.2, 0.25) is 0 Å². The summed E-state index contributed by atoms with van der Waals surface area (Å²) < 4.78 is 12.1. The Morgan fingerprint density at radius 3 is 2.26 bits per heavy atom. The summed E-state index contributed by atoms with van der Waals surface area (Å²) in [7, 11) is 0. The summed E-state index contributed by atoms with van der Waals surface area (Å²) in [6, 6.07) is 9.60. The minimum absolute atomic E-state index is 0.171. The zero-order chi connectivity index (χ0) is 16.7. The van der Waals surface area contributed by atoms with Gasteiger partial charge in [-0.25, -0.2) is 4.39 Å². The first-order chi connectivity index (χ1) is 11.1. The fourth-order valence-electron chi connectivity index (χ4n) is 3.66. The Balaban J connectivity index is 0.000000203. The number of hydrogen-bond donors (Lipinski definition) is 0. The SMILES string of the molecule is CC1CCCN(C2CCC(C#N)CC2)C1.Cc1ccc(F)cc1. The number of rotatable bonds is 1. The third kappa shape index (κ3) is 5.95. The van der Waals surface area contributed by atoms with Crippen LogP contribution < -0.4 is 0 Å². The van der Waals surface area contributed by atoms with Crippen LogP contribution in [0.1, 0.15) is 51.0 Å². The van der Waals surface area contributed by atoms with Crippen molar-refractivity contribution in [2.24, 2.45) is 11.8 Å². The molecule has 0 N–H and O–H groups in total. The third-order valence-electron chi connectivity index (χ3n) is 5.09. The van der Waals surface area contributed by atoms with E-state index in [1.54, 1.807) is 12.1 Å². The van der Waals surface area contributed by atoms with Crippen LogP contribution in [0.4, 0.5) is 4.39 Å². The highest BCUT2D eigenvalue weighted by molar-refractivity contribution is 5.13. The summed E-state index contributed by atoms with van der Waals surface area (Å²) in [5.41, 5.74) is 1.09. The summed E-state index contributed by atoms with van der Waals surface area (Å²) in [6.07, 6.45) is 7.55. The lowest BCUT2D eigenvalue weighted by atomic mass is 9.85. The van der Waals surface area contributed by atoms with Crippen LogP contribution in [-0.2, 0) is 0 Å². The first-order valence-corrected chi connectivity index (χ1v) is 8.94. The number of piperidine rings is 1. The van der Waals surface area contributed by atoms with Crippen LogP contribution in [0.25, 0.3) is 0 Å². The standard InChI is InChI=1S/C13H22N2.C7H7F/c1-11-3-2-8-15(10-11)13-6-4-12(9-14)5-7-13;1-6-2-4-7(8)5-3-6/h11-13H,2-8,10H2,1H3;2-5H,1H3. The maximum atomic E-state index is 12.1. The lowest BCUT2D eigenvalue weighted by molar-refractivity contribution is 0.0977.